The standard InChI is InChI=1S/C12H20BrN3S/c1-5-6-11-14-10(13)7-12(15-11)16(3)9(2)8-17-4/h7,9H,5-6,8H2,1-4H3. The van der Waals surface area contributed by atoms with Crippen molar-refractivity contribution >= 4 is 33.5 Å². The molecule has 1 unspecified atom stereocenters. The average Bonchev–Trinajstić information content (AvgIpc) is 2.28. The molecule has 0 spiro atoms. The summed E-state index contributed by atoms with van der Waals surface area (Å²) >= 11 is 5.31. The molecule has 0 saturated heterocycles. The lowest BCUT2D eigenvalue weighted by Crippen LogP contribution is -2.31. The summed E-state index contributed by atoms with van der Waals surface area (Å²) in [6.07, 6.45) is 4.12. The number of halogens is 1. The van der Waals surface area contributed by atoms with Crippen LogP contribution in [0.5, 0.6) is 0 Å². The Morgan fingerprint density at radius 2 is 2.18 bits per heavy atom. The first-order valence-electron chi connectivity index (χ1n) is 5.83. The molecule has 0 aliphatic carbocycles. The van der Waals surface area contributed by atoms with Gasteiger partial charge in [-0.15, -0.1) is 0 Å². The zero-order valence-electron chi connectivity index (χ0n) is 10.9. The third-order valence-electron chi connectivity index (χ3n) is 2.63. The molecule has 0 aliphatic heterocycles. The molecule has 17 heavy (non-hydrogen) atoms. The number of hydrogen-bond donors (Lipinski definition) is 0. The highest BCUT2D eigenvalue weighted by Gasteiger charge is 2.12. The summed E-state index contributed by atoms with van der Waals surface area (Å²) in [6.45, 7) is 4.36. The Kier molecular flexibility index (Phi) is 6.27. The lowest BCUT2D eigenvalue weighted by atomic mass is 10.3. The highest BCUT2D eigenvalue weighted by atomic mass is 79.9. The smallest absolute Gasteiger partial charge is 0.133 e. The largest absolute Gasteiger partial charge is 0.356 e. The van der Waals surface area contributed by atoms with Gasteiger partial charge in [0.15, 0.2) is 0 Å². The van der Waals surface area contributed by atoms with E-state index in [2.05, 4.69) is 57.9 Å². The second-order valence-electron chi connectivity index (χ2n) is 4.13. The molecule has 1 aromatic heterocycles. The van der Waals surface area contributed by atoms with Crippen LogP contribution in [0.2, 0.25) is 0 Å². The molecule has 96 valence electrons. The Labute approximate surface area is 117 Å². The zero-order valence-corrected chi connectivity index (χ0v) is 13.3. The van der Waals surface area contributed by atoms with Crippen LogP contribution in [0.15, 0.2) is 10.7 Å². The third-order valence-corrected chi connectivity index (χ3v) is 3.85. The maximum atomic E-state index is 4.60. The first-order chi connectivity index (χ1) is 8.08. The molecule has 1 heterocycles. The summed E-state index contributed by atoms with van der Waals surface area (Å²) in [7, 11) is 2.09. The minimum absolute atomic E-state index is 0.473. The van der Waals surface area contributed by atoms with E-state index in [-0.39, 0.29) is 0 Å². The van der Waals surface area contributed by atoms with E-state index in [1.54, 1.807) is 0 Å². The SMILES string of the molecule is CCCc1nc(Br)cc(N(C)C(C)CSC)n1. The van der Waals surface area contributed by atoms with Crippen LogP contribution < -0.4 is 4.90 Å². The minimum Gasteiger partial charge on any atom is -0.356 e. The van der Waals surface area contributed by atoms with Crippen LogP contribution in [0.25, 0.3) is 0 Å². The van der Waals surface area contributed by atoms with Gasteiger partial charge in [-0.05, 0) is 35.5 Å². The van der Waals surface area contributed by atoms with Crippen LogP contribution in [0, 0.1) is 0 Å². The molecular formula is C12H20BrN3S. The van der Waals surface area contributed by atoms with Gasteiger partial charge < -0.3 is 4.90 Å². The van der Waals surface area contributed by atoms with Crippen molar-refractivity contribution in [3.63, 3.8) is 0 Å². The van der Waals surface area contributed by atoms with Crippen molar-refractivity contribution in [2.24, 2.45) is 0 Å². The molecule has 0 saturated carbocycles. The summed E-state index contributed by atoms with van der Waals surface area (Å²) in [5.74, 6) is 3.01. The molecular weight excluding hydrogens is 298 g/mol. The van der Waals surface area contributed by atoms with Crippen molar-refractivity contribution in [3.8, 4) is 0 Å². The van der Waals surface area contributed by atoms with Crippen molar-refractivity contribution in [2.75, 3.05) is 24.0 Å². The van der Waals surface area contributed by atoms with E-state index in [0.717, 1.165) is 34.8 Å². The van der Waals surface area contributed by atoms with Crippen molar-refractivity contribution < 1.29 is 0 Å². The van der Waals surface area contributed by atoms with Gasteiger partial charge in [-0.2, -0.15) is 11.8 Å². The molecule has 0 bridgehead atoms. The molecule has 1 atom stereocenters. The van der Waals surface area contributed by atoms with E-state index in [9.17, 15) is 0 Å². The number of hydrogen-bond acceptors (Lipinski definition) is 4. The number of aryl methyl sites for hydroxylation is 1. The van der Waals surface area contributed by atoms with Gasteiger partial charge >= 0.3 is 0 Å². The maximum absolute atomic E-state index is 4.60. The van der Waals surface area contributed by atoms with E-state index in [1.165, 1.54) is 0 Å². The Bertz CT molecular complexity index is 360. The first-order valence-corrected chi connectivity index (χ1v) is 8.02. The van der Waals surface area contributed by atoms with Crippen molar-refractivity contribution in [1.82, 2.24) is 9.97 Å². The summed E-state index contributed by atoms with van der Waals surface area (Å²) < 4.78 is 0.870. The third kappa shape index (κ3) is 4.47. The maximum Gasteiger partial charge on any atom is 0.133 e. The van der Waals surface area contributed by atoms with Crippen molar-refractivity contribution in [2.45, 2.75) is 32.7 Å². The van der Waals surface area contributed by atoms with Crippen LogP contribution in [0.1, 0.15) is 26.1 Å². The van der Waals surface area contributed by atoms with E-state index < -0.39 is 0 Å². The normalized spacial score (nSPS) is 12.5. The van der Waals surface area contributed by atoms with Crippen LogP contribution in [-0.2, 0) is 6.42 Å². The van der Waals surface area contributed by atoms with Gasteiger partial charge in [-0.3, -0.25) is 0 Å². The molecule has 1 aromatic rings. The van der Waals surface area contributed by atoms with Crippen molar-refractivity contribution in [3.05, 3.63) is 16.5 Å². The predicted molar refractivity (Wildman–Crippen MR) is 80.0 cm³/mol. The summed E-state index contributed by atoms with van der Waals surface area (Å²) in [6, 6.07) is 2.46. The highest BCUT2D eigenvalue weighted by molar-refractivity contribution is 9.10. The molecule has 0 N–H and O–H groups in total. The van der Waals surface area contributed by atoms with Gasteiger partial charge in [0.25, 0.3) is 0 Å². The average molecular weight is 318 g/mol. The van der Waals surface area contributed by atoms with Gasteiger partial charge in [0.2, 0.25) is 0 Å². The molecule has 0 aromatic carbocycles. The van der Waals surface area contributed by atoms with Crippen molar-refractivity contribution in [1.29, 1.82) is 0 Å². The number of anilines is 1. The minimum atomic E-state index is 0.473. The fourth-order valence-electron chi connectivity index (χ4n) is 1.55. The Morgan fingerprint density at radius 1 is 1.47 bits per heavy atom. The van der Waals surface area contributed by atoms with Crippen LogP contribution in [-0.4, -0.2) is 35.1 Å². The Hall–Kier alpha value is -0.290. The number of thioether (sulfide) groups is 1. The fraction of sp³-hybridized carbons (Fsp3) is 0.667. The number of nitrogens with zero attached hydrogens (tertiary/aromatic N) is 3. The van der Waals surface area contributed by atoms with E-state index in [0.29, 0.717) is 6.04 Å². The first kappa shape index (κ1) is 14.8. The summed E-state index contributed by atoms with van der Waals surface area (Å²) in [4.78, 5) is 11.2. The number of aromatic nitrogens is 2. The molecule has 5 heteroatoms. The Morgan fingerprint density at radius 3 is 2.76 bits per heavy atom. The summed E-state index contributed by atoms with van der Waals surface area (Å²) in [5, 5.41) is 0. The van der Waals surface area contributed by atoms with Gasteiger partial charge in [0.1, 0.15) is 16.2 Å². The molecule has 3 nitrogen and oxygen atoms in total. The number of rotatable bonds is 6. The Balaban J connectivity index is 2.88. The monoisotopic (exact) mass is 317 g/mol. The molecule has 0 fully saturated rings. The molecule has 0 amide bonds. The van der Waals surface area contributed by atoms with Gasteiger partial charge in [0, 0.05) is 31.3 Å². The molecule has 1 rings (SSSR count). The van der Waals surface area contributed by atoms with E-state index in [1.807, 2.05) is 17.8 Å². The van der Waals surface area contributed by atoms with E-state index >= 15 is 0 Å². The van der Waals surface area contributed by atoms with Crippen LogP contribution >= 0.6 is 27.7 Å². The molecule has 0 aliphatic rings. The molecule has 0 radical (unpaired) electrons. The second kappa shape index (κ2) is 7.21. The lowest BCUT2D eigenvalue weighted by molar-refractivity contribution is 0.737. The van der Waals surface area contributed by atoms with Gasteiger partial charge in [0.05, 0.1) is 0 Å². The van der Waals surface area contributed by atoms with Crippen LogP contribution in [0.4, 0.5) is 5.82 Å². The quantitative estimate of drug-likeness (QED) is 0.752. The fourth-order valence-corrected chi connectivity index (χ4v) is 2.66. The highest BCUT2D eigenvalue weighted by Crippen LogP contribution is 2.19. The topological polar surface area (TPSA) is 29.0 Å². The summed E-state index contributed by atoms with van der Waals surface area (Å²) in [5.41, 5.74) is 0. The van der Waals surface area contributed by atoms with Gasteiger partial charge in [-0.25, -0.2) is 9.97 Å². The van der Waals surface area contributed by atoms with Crippen LogP contribution in [0.3, 0.4) is 0 Å². The van der Waals surface area contributed by atoms with E-state index in [4.69, 9.17) is 0 Å². The van der Waals surface area contributed by atoms with Gasteiger partial charge in [-0.1, -0.05) is 6.92 Å². The zero-order chi connectivity index (χ0) is 12.8. The lowest BCUT2D eigenvalue weighted by Gasteiger charge is -2.25. The predicted octanol–water partition coefficient (Wildman–Crippen LogP) is 3.38. The second-order valence-corrected chi connectivity index (χ2v) is 5.85.